The molecule has 4 rings (SSSR count). The lowest BCUT2D eigenvalue weighted by atomic mass is 10.0. The molecule has 0 aliphatic carbocycles. The van der Waals surface area contributed by atoms with Gasteiger partial charge in [-0.25, -0.2) is 0 Å². The Balaban J connectivity index is 1.49. The maximum Gasteiger partial charge on any atom is 0.151 e. The fourth-order valence-electron chi connectivity index (χ4n) is 3.55. The Morgan fingerprint density at radius 1 is 0.719 bits per heavy atom. The lowest BCUT2D eigenvalue weighted by Gasteiger charge is -2.30. The molecule has 0 N–H and O–H groups in total. The van der Waals surface area contributed by atoms with Crippen molar-refractivity contribution in [3.8, 4) is 0 Å². The highest BCUT2D eigenvalue weighted by molar-refractivity contribution is 5.57. The molecule has 0 radical (unpaired) electrons. The third-order valence-electron chi connectivity index (χ3n) is 5.36. The predicted octanol–water partition coefficient (Wildman–Crippen LogP) is 4.34. The van der Waals surface area contributed by atoms with Crippen molar-refractivity contribution in [2.24, 2.45) is 0 Å². The Labute approximate surface area is 188 Å². The SMILES string of the molecule is O=C[C@H](OCc1ccccc1)[C@@H](OCc1ccccc1)[C@H](OCc1ccccc1)[C@@H]1CO1. The van der Waals surface area contributed by atoms with Gasteiger partial charge in [-0.05, 0) is 16.7 Å². The quantitative estimate of drug-likeness (QED) is 0.297. The lowest BCUT2D eigenvalue weighted by molar-refractivity contribution is -0.162. The molecule has 1 saturated heterocycles. The van der Waals surface area contributed by atoms with E-state index >= 15 is 0 Å². The van der Waals surface area contributed by atoms with Gasteiger partial charge in [0.2, 0.25) is 0 Å². The van der Waals surface area contributed by atoms with E-state index in [1.54, 1.807) is 0 Å². The Hall–Kier alpha value is -2.83. The first kappa shape index (κ1) is 22.4. The molecule has 0 bridgehead atoms. The van der Waals surface area contributed by atoms with Crippen molar-refractivity contribution >= 4 is 6.29 Å². The summed E-state index contributed by atoms with van der Waals surface area (Å²) in [4.78, 5) is 12.1. The van der Waals surface area contributed by atoms with Gasteiger partial charge in [0.15, 0.2) is 6.29 Å². The van der Waals surface area contributed by atoms with Gasteiger partial charge >= 0.3 is 0 Å². The molecule has 0 spiro atoms. The van der Waals surface area contributed by atoms with Gasteiger partial charge in [0.1, 0.15) is 24.4 Å². The standard InChI is InChI=1S/C27H28O5/c28-16-24(29-17-21-10-4-1-5-11-21)26(31-18-22-12-6-2-7-13-22)27(25-20-30-25)32-19-23-14-8-3-9-15-23/h1-16,24-27H,17-20H2/t24-,25-,26+,27+/m0/s1. The van der Waals surface area contributed by atoms with E-state index in [9.17, 15) is 4.79 Å². The van der Waals surface area contributed by atoms with Gasteiger partial charge in [0.05, 0.1) is 26.4 Å². The predicted molar refractivity (Wildman–Crippen MR) is 121 cm³/mol. The Kier molecular flexibility index (Phi) is 8.17. The highest BCUT2D eigenvalue weighted by Gasteiger charge is 2.43. The second-order valence-electron chi connectivity index (χ2n) is 7.79. The van der Waals surface area contributed by atoms with Crippen molar-refractivity contribution in [1.29, 1.82) is 0 Å². The Bertz CT molecular complexity index is 928. The lowest BCUT2D eigenvalue weighted by Crippen LogP contribution is -2.46. The molecule has 0 aromatic heterocycles. The average molecular weight is 433 g/mol. The molecule has 1 aliphatic rings. The summed E-state index contributed by atoms with van der Waals surface area (Å²) < 4.78 is 24.1. The van der Waals surface area contributed by atoms with E-state index in [1.165, 1.54) is 0 Å². The molecule has 3 aromatic rings. The van der Waals surface area contributed by atoms with Gasteiger partial charge in [-0.1, -0.05) is 91.0 Å². The van der Waals surface area contributed by atoms with Crippen LogP contribution in [0.15, 0.2) is 91.0 Å². The monoisotopic (exact) mass is 432 g/mol. The molecule has 32 heavy (non-hydrogen) atoms. The number of carbonyl (C=O) groups excluding carboxylic acids is 1. The van der Waals surface area contributed by atoms with Crippen molar-refractivity contribution in [2.45, 2.75) is 44.2 Å². The number of epoxide rings is 1. The van der Waals surface area contributed by atoms with E-state index in [2.05, 4.69) is 0 Å². The second-order valence-corrected chi connectivity index (χ2v) is 7.79. The van der Waals surface area contributed by atoms with Crippen LogP contribution in [0.4, 0.5) is 0 Å². The summed E-state index contributed by atoms with van der Waals surface area (Å²) in [6.07, 6.45) is -1.14. The van der Waals surface area contributed by atoms with E-state index in [4.69, 9.17) is 18.9 Å². The van der Waals surface area contributed by atoms with Crippen LogP contribution in [-0.4, -0.2) is 37.3 Å². The third kappa shape index (κ3) is 6.58. The molecule has 1 heterocycles. The zero-order valence-corrected chi connectivity index (χ0v) is 17.9. The van der Waals surface area contributed by atoms with Gasteiger partial charge in [0.25, 0.3) is 0 Å². The molecule has 0 amide bonds. The maximum absolute atomic E-state index is 12.1. The van der Waals surface area contributed by atoms with E-state index in [1.807, 2.05) is 91.0 Å². The van der Waals surface area contributed by atoms with Gasteiger partial charge < -0.3 is 23.7 Å². The minimum absolute atomic E-state index is 0.123. The first-order chi connectivity index (χ1) is 15.8. The average Bonchev–Trinajstić information content (AvgIpc) is 3.70. The zero-order valence-electron chi connectivity index (χ0n) is 17.9. The minimum atomic E-state index is -0.788. The second kappa shape index (κ2) is 11.7. The van der Waals surface area contributed by atoms with Crippen molar-refractivity contribution in [1.82, 2.24) is 0 Å². The molecule has 1 fully saturated rings. The van der Waals surface area contributed by atoms with Gasteiger partial charge in [-0.3, -0.25) is 0 Å². The fourth-order valence-corrected chi connectivity index (χ4v) is 3.55. The summed E-state index contributed by atoms with van der Waals surface area (Å²) in [7, 11) is 0. The van der Waals surface area contributed by atoms with E-state index in [-0.39, 0.29) is 6.10 Å². The van der Waals surface area contributed by atoms with Crippen LogP contribution < -0.4 is 0 Å². The number of hydrogen-bond acceptors (Lipinski definition) is 5. The van der Waals surface area contributed by atoms with E-state index in [0.29, 0.717) is 26.4 Å². The number of rotatable bonds is 13. The molecule has 0 saturated carbocycles. The number of carbonyl (C=O) groups is 1. The topological polar surface area (TPSA) is 57.3 Å². The molecule has 4 atom stereocenters. The summed E-state index contributed by atoms with van der Waals surface area (Å²) in [5.74, 6) is 0. The van der Waals surface area contributed by atoms with Crippen LogP contribution in [0.5, 0.6) is 0 Å². The first-order valence-corrected chi connectivity index (χ1v) is 10.9. The molecular formula is C27H28O5. The molecule has 5 heteroatoms. The van der Waals surface area contributed by atoms with Crippen LogP contribution in [0.3, 0.4) is 0 Å². The summed E-state index contributed by atoms with van der Waals surface area (Å²) >= 11 is 0. The van der Waals surface area contributed by atoms with Crippen LogP contribution in [0.25, 0.3) is 0 Å². The summed E-state index contributed by atoms with van der Waals surface area (Å²) in [6, 6.07) is 29.6. The van der Waals surface area contributed by atoms with E-state index < -0.39 is 18.3 Å². The third-order valence-corrected chi connectivity index (χ3v) is 5.36. The summed E-state index contributed by atoms with van der Waals surface area (Å²) in [5.41, 5.74) is 3.06. The number of hydrogen-bond donors (Lipinski definition) is 0. The largest absolute Gasteiger partial charge is 0.370 e. The molecule has 1 aliphatic heterocycles. The fraction of sp³-hybridized carbons (Fsp3) is 0.296. The molecule has 166 valence electrons. The smallest absolute Gasteiger partial charge is 0.151 e. The van der Waals surface area contributed by atoms with Crippen molar-refractivity contribution in [2.75, 3.05) is 6.61 Å². The van der Waals surface area contributed by atoms with Gasteiger partial charge in [-0.15, -0.1) is 0 Å². The van der Waals surface area contributed by atoms with Gasteiger partial charge in [0, 0.05) is 0 Å². The van der Waals surface area contributed by atoms with E-state index in [0.717, 1.165) is 23.0 Å². The van der Waals surface area contributed by atoms with Crippen LogP contribution >= 0.6 is 0 Å². The summed E-state index contributed by atoms with van der Waals surface area (Å²) in [6.45, 7) is 1.64. The highest BCUT2D eigenvalue weighted by atomic mass is 16.6. The maximum atomic E-state index is 12.1. The zero-order chi connectivity index (χ0) is 22.0. The molecular weight excluding hydrogens is 404 g/mol. The van der Waals surface area contributed by atoms with Crippen molar-refractivity contribution < 1.29 is 23.7 Å². The number of benzene rings is 3. The highest BCUT2D eigenvalue weighted by Crippen LogP contribution is 2.26. The van der Waals surface area contributed by atoms with Gasteiger partial charge in [-0.2, -0.15) is 0 Å². The van der Waals surface area contributed by atoms with Crippen LogP contribution in [0, 0.1) is 0 Å². The normalized spacial score (nSPS) is 17.9. The molecule has 0 unspecified atom stereocenters. The Morgan fingerprint density at radius 3 is 1.59 bits per heavy atom. The van der Waals surface area contributed by atoms with Crippen LogP contribution in [0.2, 0.25) is 0 Å². The van der Waals surface area contributed by atoms with Crippen molar-refractivity contribution in [3.05, 3.63) is 108 Å². The minimum Gasteiger partial charge on any atom is -0.370 e. The molecule has 5 nitrogen and oxygen atoms in total. The number of ether oxygens (including phenoxy) is 4. The van der Waals surface area contributed by atoms with Crippen LogP contribution in [-0.2, 0) is 43.6 Å². The summed E-state index contributed by atoms with van der Waals surface area (Å²) in [5, 5.41) is 0. The molecule has 3 aromatic carbocycles. The van der Waals surface area contributed by atoms with Crippen molar-refractivity contribution in [3.63, 3.8) is 0 Å². The Morgan fingerprint density at radius 2 is 1.16 bits per heavy atom. The van der Waals surface area contributed by atoms with Crippen LogP contribution in [0.1, 0.15) is 16.7 Å². The number of aldehydes is 1. The first-order valence-electron chi connectivity index (χ1n) is 10.9.